The highest BCUT2D eigenvalue weighted by molar-refractivity contribution is 7.80. The fourth-order valence-corrected chi connectivity index (χ4v) is 2.14. The fourth-order valence-electron chi connectivity index (χ4n) is 1.71. The first-order valence-corrected chi connectivity index (χ1v) is 5.04. The van der Waals surface area contributed by atoms with E-state index in [1.165, 1.54) is 0 Å². The van der Waals surface area contributed by atoms with Gasteiger partial charge in [0.05, 0.1) is 12.7 Å². The Morgan fingerprint density at radius 2 is 1.75 bits per heavy atom. The average Bonchev–Trinajstić information content (AvgIpc) is 2.08. The van der Waals surface area contributed by atoms with E-state index in [1.807, 2.05) is 0 Å². The van der Waals surface area contributed by atoms with Gasteiger partial charge in [-0.2, -0.15) is 0 Å². The third-order valence-corrected chi connectivity index (χ3v) is 3.78. The first-order chi connectivity index (χ1) is 5.57. The number of aliphatic hydroxyl groups is 1. The Morgan fingerprint density at radius 3 is 2.25 bits per heavy atom. The zero-order valence-corrected chi connectivity index (χ0v) is 8.79. The molecule has 3 heteroatoms. The molecule has 0 radical (unpaired) electrons. The highest BCUT2D eigenvalue weighted by atomic mass is 32.1. The number of ether oxygens (including phenoxy) is 1. The molecule has 1 aliphatic rings. The van der Waals surface area contributed by atoms with E-state index in [0.29, 0.717) is 17.8 Å². The molecular formula is C9H18O2S. The Labute approximate surface area is 79.7 Å². The molecule has 0 aliphatic carbocycles. The largest absolute Gasteiger partial charge is 0.394 e. The fraction of sp³-hybridized carbons (Fsp3) is 1.00. The minimum Gasteiger partial charge on any atom is -0.394 e. The quantitative estimate of drug-likeness (QED) is 0.614. The summed E-state index contributed by atoms with van der Waals surface area (Å²) in [6.07, 6.45) is -0.0290. The van der Waals surface area contributed by atoms with Crippen molar-refractivity contribution in [2.45, 2.75) is 32.3 Å². The summed E-state index contributed by atoms with van der Waals surface area (Å²) in [5, 5.41) is 9.02. The van der Waals surface area contributed by atoms with Crippen LogP contribution in [0.15, 0.2) is 0 Å². The first kappa shape index (κ1) is 10.4. The van der Waals surface area contributed by atoms with Gasteiger partial charge in [0.1, 0.15) is 5.44 Å². The molecular weight excluding hydrogens is 172 g/mol. The van der Waals surface area contributed by atoms with Crippen molar-refractivity contribution in [1.29, 1.82) is 0 Å². The van der Waals surface area contributed by atoms with E-state index < -0.39 is 0 Å². The molecule has 0 aromatic carbocycles. The van der Waals surface area contributed by atoms with Crippen LogP contribution in [0.1, 0.15) is 20.8 Å². The van der Waals surface area contributed by atoms with Gasteiger partial charge in [-0.05, 0) is 17.8 Å². The summed E-state index contributed by atoms with van der Waals surface area (Å²) in [5.41, 5.74) is -0.0200. The zero-order valence-electron chi connectivity index (χ0n) is 7.90. The topological polar surface area (TPSA) is 29.5 Å². The van der Waals surface area contributed by atoms with Crippen molar-refractivity contribution < 1.29 is 9.84 Å². The molecule has 0 bridgehead atoms. The van der Waals surface area contributed by atoms with Crippen molar-refractivity contribution in [2.75, 3.05) is 6.61 Å². The van der Waals surface area contributed by atoms with E-state index >= 15 is 0 Å². The lowest BCUT2D eigenvalue weighted by molar-refractivity contribution is -0.111. The van der Waals surface area contributed by atoms with Gasteiger partial charge in [0.15, 0.2) is 0 Å². The summed E-state index contributed by atoms with van der Waals surface area (Å²) >= 11 is 4.34. The summed E-state index contributed by atoms with van der Waals surface area (Å²) in [7, 11) is 0. The Kier molecular flexibility index (Phi) is 3.44. The van der Waals surface area contributed by atoms with Crippen LogP contribution in [-0.4, -0.2) is 23.3 Å². The predicted octanol–water partition coefficient (Wildman–Crippen LogP) is 1.54. The van der Waals surface area contributed by atoms with Gasteiger partial charge < -0.3 is 9.84 Å². The molecule has 12 heavy (non-hydrogen) atoms. The van der Waals surface area contributed by atoms with E-state index in [1.54, 1.807) is 0 Å². The van der Waals surface area contributed by atoms with Crippen LogP contribution in [0, 0.1) is 17.8 Å². The van der Waals surface area contributed by atoms with Gasteiger partial charge in [0.2, 0.25) is 0 Å². The molecule has 1 saturated heterocycles. The molecule has 0 spiro atoms. The van der Waals surface area contributed by atoms with Crippen LogP contribution in [0.5, 0.6) is 0 Å². The number of hydrogen-bond donors (Lipinski definition) is 2. The van der Waals surface area contributed by atoms with E-state index in [-0.39, 0.29) is 18.1 Å². The smallest absolute Gasteiger partial charge is 0.103 e. The second-order valence-corrected chi connectivity index (χ2v) is 4.33. The number of hydrogen-bond acceptors (Lipinski definition) is 3. The number of rotatable bonds is 1. The zero-order chi connectivity index (χ0) is 9.30. The lowest BCUT2D eigenvalue weighted by Gasteiger charge is -2.41. The molecule has 0 amide bonds. The van der Waals surface area contributed by atoms with Crippen molar-refractivity contribution in [2.24, 2.45) is 17.8 Å². The Morgan fingerprint density at radius 1 is 1.17 bits per heavy atom. The molecule has 72 valence electrons. The van der Waals surface area contributed by atoms with E-state index in [2.05, 4.69) is 33.4 Å². The molecule has 5 atom stereocenters. The standard InChI is InChI=1S/C9H18O2S/c1-5-6(2)8(4-10)11-9(12)7(5)3/h5-10,12H,4H2,1-3H3/t5?,6-,7-,8?,9+/m1/s1. The monoisotopic (exact) mass is 190 g/mol. The van der Waals surface area contributed by atoms with Crippen molar-refractivity contribution in [3.63, 3.8) is 0 Å². The molecule has 1 heterocycles. The Bertz CT molecular complexity index is 147. The van der Waals surface area contributed by atoms with Gasteiger partial charge in [-0.25, -0.2) is 0 Å². The SMILES string of the molecule is CC1[C@@H](C)C(CO)O[C@@H](S)[C@@H]1C. The van der Waals surface area contributed by atoms with Crippen molar-refractivity contribution >= 4 is 12.6 Å². The van der Waals surface area contributed by atoms with Crippen molar-refractivity contribution in [3.8, 4) is 0 Å². The van der Waals surface area contributed by atoms with Gasteiger partial charge in [0.25, 0.3) is 0 Å². The summed E-state index contributed by atoms with van der Waals surface area (Å²) < 4.78 is 5.54. The molecule has 2 nitrogen and oxygen atoms in total. The van der Waals surface area contributed by atoms with Crippen LogP contribution in [0.2, 0.25) is 0 Å². The van der Waals surface area contributed by atoms with Crippen LogP contribution in [-0.2, 0) is 4.74 Å². The van der Waals surface area contributed by atoms with Gasteiger partial charge in [0, 0.05) is 0 Å². The summed E-state index contributed by atoms with van der Waals surface area (Å²) in [5.74, 6) is 1.46. The lowest BCUT2D eigenvalue weighted by atomic mass is 9.80. The van der Waals surface area contributed by atoms with Crippen LogP contribution in [0.4, 0.5) is 0 Å². The van der Waals surface area contributed by atoms with Crippen LogP contribution >= 0.6 is 12.6 Å². The highest BCUT2D eigenvalue weighted by Gasteiger charge is 2.36. The van der Waals surface area contributed by atoms with Crippen LogP contribution in [0.25, 0.3) is 0 Å². The van der Waals surface area contributed by atoms with E-state index in [0.717, 1.165) is 0 Å². The van der Waals surface area contributed by atoms with Gasteiger partial charge >= 0.3 is 0 Å². The minimum absolute atomic E-state index is 0.0200. The third-order valence-electron chi connectivity index (χ3n) is 3.19. The summed E-state index contributed by atoms with van der Waals surface area (Å²) in [6, 6.07) is 0. The van der Waals surface area contributed by atoms with Crippen molar-refractivity contribution in [3.05, 3.63) is 0 Å². The molecule has 0 saturated carbocycles. The minimum atomic E-state index is -0.0290. The summed E-state index contributed by atoms with van der Waals surface area (Å²) in [6.45, 7) is 6.58. The molecule has 1 fully saturated rings. The number of aliphatic hydroxyl groups excluding tert-OH is 1. The molecule has 0 aromatic heterocycles. The Hall–Kier alpha value is 0.270. The van der Waals surface area contributed by atoms with E-state index in [9.17, 15) is 0 Å². The van der Waals surface area contributed by atoms with Gasteiger partial charge in [-0.15, -0.1) is 12.6 Å². The Balaban J connectivity index is 2.63. The molecule has 1 aliphatic heterocycles. The first-order valence-electron chi connectivity index (χ1n) is 4.52. The maximum Gasteiger partial charge on any atom is 0.103 e. The maximum atomic E-state index is 9.02. The third kappa shape index (κ3) is 1.78. The lowest BCUT2D eigenvalue weighted by Crippen LogP contribution is -2.44. The van der Waals surface area contributed by atoms with E-state index in [4.69, 9.17) is 9.84 Å². The van der Waals surface area contributed by atoms with Gasteiger partial charge in [-0.3, -0.25) is 0 Å². The number of thiol groups is 1. The second-order valence-electron chi connectivity index (χ2n) is 3.83. The average molecular weight is 190 g/mol. The second kappa shape index (κ2) is 3.99. The maximum absolute atomic E-state index is 9.02. The van der Waals surface area contributed by atoms with Gasteiger partial charge in [-0.1, -0.05) is 20.8 Å². The molecule has 1 N–H and O–H groups in total. The van der Waals surface area contributed by atoms with Crippen LogP contribution < -0.4 is 0 Å². The highest BCUT2D eigenvalue weighted by Crippen LogP contribution is 2.35. The summed E-state index contributed by atoms with van der Waals surface area (Å²) in [4.78, 5) is 0. The van der Waals surface area contributed by atoms with Crippen LogP contribution in [0.3, 0.4) is 0 Å². The predicted molar refractivity (Wildman–Crippen MR) is 52.2 cm³/mol. The molecule has 1 rings (SSSR count). The molecule has 0 aromatic rings. The molecule has 2 unspecified atom stereocenters. The van der Waals surface area contributed by atoms with Crippen molar-refractivity contribution in [1.82, 2.24) is 0 Å². The normalized spacial score (nSPS) is 49.2.